The van der Waals surface area contributed by atoms with Gasteiger partial charge in [-0.3, -0.25) is 4.79 Å². The first-order valence-corrected chi connectivity index (χ1v) is 10.4. The molecular weight excluding hydrogens is 428 g/mol. The summed E-state index contributed by atoms with van der Waals surface area (Å²) >= 11 is 3.48. The van der Waals surface area contributed by atoms with Gasteiger partial charge in [-0.1, -0.05) is 76.1 Å². The number of ether oxygens (including phenoxy) is 1. The van der Waals surface area contributed by atoms with Crippen LogP contribution in [0.5, 0.6) is 5.75 Å². The highest BCUT2D eigenvalue weighted by Crippen LogP contribution is 2.43. The average molecular weight is 447 g/mol. The highest BCUT2D eigenvalue weighted by atomic mass is 79.9. The molecule has 0 bridgehead atoms. The molecule has 5 heteroatoms. The number of carbonyl (C=O) groups is 1. The maximum absolute atomic E-state index is 13.3. The number of hydrogen-bond acceptors (Lipinski definition) is 4. The minimum absolute atomic E-state index is 0.0157. The van der Waals surface area contributed by atoms with Gasteiger partial charge in [0.2, 0.25) is 5.78 Å². The van der Waals surface area contributed by atoms with Crippen LogP contribution in [-0.4, -0.2) is 22.7 Å². The van der Waals surface area contributed by atoms with Crippen molar-refractivity contribution in [3.8, 4) is 5.75 Å². The summed E-state index contributed by atoms with van der Waals surface area (Å²) in [5, 5.41) is 6.68. The summed E-state index contributed by atoms with van der Waals surface area (Å²) in [6.07, 6.45) is -0.0368. The van der Waals surface area contributed by atoms with Crippen molar-refractivity contribution >= 4 is 27.4 Å². The highest BCUT2D eigenvalue weighted by Gasteiger charge is 2.43. The number of aryl methyl sites for hydroxylation is 1. The van der Waals surface area contributed by atoms with E-state index in [1.807, 2.05) is 78.7 Å². The Morgan fingerprint density at radius 2 is 1.76 bits per heavy atom. The van der Waals surface area contributed by atoms with Crippen LogP contribution < -0.4 is 4.74 Å². The monoisotopic (exact) mass is 446 g/mol. The molecule has 2 aliphatic rings. The molecule has 2 heterocycles. The fraction of sp³-hybridized carbons (Fsp3) is 0.167. The van der Waals surface area contributed by atoms with Crippen LogP contribution in [0.3, 0.4) is 0 Å². The van der Waals surface area contributed by atoms with E-state index < -0.39 is 6.23 Å². The number of benzene rings is 3. The lowest BCUT2D eigenvalue weighted by atomic mass is 9.96. The summed E-state index contributed by atoms with van der Waals surface area (Å²) < 4.78 is 7.18. The van der Waals surface area contributed by atoms with Gasteiger partial charge in [0, 0.05) is 22.0 Å². The summed E-state index contributed by atoms with van der Waals surface area (Å²) in [4.78, 5) is 13.3. The molecule has 0 aliphatic carbocycles. The van der Waals surface area contributed by atoms with Gasteiger partial charge in [-0.25, -0.2) is 5.01 Å². The molecule has 0 saturated heterocycles. The first-order chi connectivity index (χ1) is 14.1. The number of halogens is 1. The standard InChI is InChI=1S/C24H19BrN2O2/c1-15-6-8-17(9-7-15)23(28)24-27-21(19-4-2-3-5-22(19)29-24)14-20(26-27)16-10-12-18(25)13-11-16/h2-13,21,24H,14H2,1H3/t21-,24+/m0/s1. The van der Waals surface area contributed by atoms with Gasteiger partial charge in [-0.15, -0.1) is 0 Å². The second-order valence-corrected chi connectivity index (χ2v) is 8.31. The Bertz CT molecular complexity index is 1110. The predicted octanol–water partition coefficient (Wildman–Crippen LogP) is 5.51. The van der Waals surface area contributed by atoms with Crippen LogP contribution in [0.1, 0.15) is 39.5 Å². The molecular formula is C24H19BrN2O2. The third-order valence-electron chi connectivity index (χ3n) is 5.44. The average Bonchev–Trinajstić information content (AvgIpc) is 3.19. The molecule has 3 aromatic rings. The van der Waals surface area contributed by atoms with Gasteiger partial charge in [-0.05, 0) is 30.7 Å². The Morgan fingerprint density at radius 1 is 1.03 bits per heavy atom. The minimum atomic E-state index is -0.773. The van der Waals surface area contributed by atoms with Crippen molar-refractivity contribution in [2.75, 3.05) is 0 Å². The zero-order valence-electron chi connectivity index (χ0n) is 15.9. The molecule has 2 atom stereocenters. The molecule has 0 unspecified atom stereocenters. The molecule has 2 aliphatic heterocycles. The van der Waals surface area contributed by atoms with Crippen LogP contribution in [-0.2, 0) is 0 Å². The zero-order chi connectivity index (χ0) is 20.0. The topological polar surface area (TPSA) is 41.9 Å². The number of nitrogens with zero attached hydrogens (tertiary/aromatic N) is 2. The van der Waals surface area contributed by atoms with Crippen molar-refractivity contribution in [2.24, 2.45) is 5.10 Å². The minimum Gasteiger partial charge on any atom is -0.461 e. The summed E-state index contributed by atoms with van der Waals surface area (Å²) in [6.45, 7) is 2.01. The van der Waals surface area contributed by atoms with Crippen LogP contribution in [0, 0.1) is 6.92 Å². The Balaban J connectivity index is 1.55. The van der Waals surface area contributed by atoms with E-state index in [1.165, 1.54) is 0 Å². The van der Waals surface area contributed by atoms with Crippen molar-refractivity contribution in [2.45, 2.75) is 25.6 Å². The summed E-state index contributed by atoms with van der Waals surface area (Å²) in [7, 11) is 0. The largest absolute Gasteiger partial charge is 0.461 e. The van der Waals surface area contributed by atoms with E-state index in [0.29, 0.717) is 5.56 Å². The Morgan fingerprint density at radius 3 is 2.52 bits per heavy atom. The number of carbonyl (C=O) groups excluding carboxylic acids is 1. The normalized spacial score (nSPS) is 19.8. The maximum Gasteiger partial charge on any atom is 0.251 e. The Hall–Kier alpha value is -2.92. The van der Waals surface area contributed by atoms with Crippen LogP contribution in [0.2, 0.25) is 0 Å². The second-order valence-electron chi connectivity index (χ2n) is 7.39. The van der Waals surface area contributed by atoms with Crippen molar-refractivity contribution in [1.29, 1.82) is 0 Å². The zero-order valence-corrected chi connectivity index (χ0v) is 17.5. The van der Waals surface area contributed by atoms with Gasteiger partial charge >= 0.3 is 0 Å². The fourth-order valence-electron chi connectivity index (χ4n) is 3.88. The van der Waals surface area contributed by atoms with Gasteiger partial charge in [-0.2, -0.15) is 5.10 Å². The number of para-hydroxylation sites is 1. The predicted molar refractivity (Wildman–Crippen MR) is 116 cm³/mol. The van der Waals surface area contributed by atoms with Gasteiger partial charge in [0.05, 0.1) is 11.8 Å². The summed E-state index contributed by atoms with van der Waals surface area (Å²) in [5.41, 5.74) is 4.83. The van der Waals surface area contributed by atoms with Gasteiger partial charge in [0.25, 0.3) is 6.23 Å². The molecule has 5 rings (SSSR count). The third kappa shape index (κ3) is 3.25. The molecule has 4 nitrogen and oxygen atoms in total. The molecule has 0 fully saturated rings. The maximum atomic E-state index is 13.3. The number of Topliss-reactive ketones (excluding diaryl/α,β-unsaturated/α-hetero) is 1. The fourth-order valence-corrected chi connectivity index (χ4v) is 4.15. The van der Waals surface area contributed by atoms with Crippen LogP contribution in [0.4, 0.5) is 0 Å². The number of hydrazone groups is 1. The molecule has 144 valence electrons. The smallest absolute Gasteiger partial charge is 0.251 e. The molecule has 0 spiro atoms. The van der Waals surface area contributed by atoms with Gasteiger partial charge in [0.1, 0.15) is 5.75 Å². The van der Waals surface area contributed by atoms with E-state index in [2.05, 4.69) is 22.0 Å². The Kier molecular flexibility index (Phi) is 4.47. The third-order valence-corrected chi connectivity index (χ3v) is 5.97. The number of fused-ring (bicyclic) bond motifs is 3. The van der Waals surface area contributed by atoms with E-state index in [9.17, 15) is 4.79 Å². The lowest BCUT2D eigenvalue weighted by molar-refractivity contribution is -0.00455. The number of ketones is 1. The van der Waals surface area contributed by atoms with Crippen LogP contribution in [0.25, 0.3) is 0 Å². The lowest BCUT2D eigenvalue weighted by Gasteiger charge is -2.37. The molecule has 0 aromatic heterocycles. The van der Waals surface area contributed by atoms with Crippen molar-refractivity contribution in [1.82, 2.24) is 5.01 Å². The molecule has 0 saturated carbocycles. The first kappa shape index (κ1) is 18.1. The van der Waals surface area contributed by atoms with E-state index in [1.54, 1.807) is 0 Å². The quantitative estimate of drug-likeness (QED) is 0.498. The van der Waals surface area contributed by atoms with Gasteiger partial charge in [0.15, 0.2) is 0 Å². The van der Waals surface area contributed by atoms with E-state index >= 15 is 0 Å². The summed E-state index contributed by atoms with van der Waals surface area (Å²) in [6, 6.07) is 23.6. The van der Waals surface area contributed by atoms with Gasteiger partial charge < -0.3 is 4.74 Å². The lowest BCUT2D eigenvalue weighted by Crippen LogP contribution is -2.45. The van der Waals surface area contributed by atoms with Crippen LogP contribution in [0.15, 0.2) is 82.4 Å². The Labute approximate surface area is 177 Å². The SMILES string of the molecule is Cc1ccc(C(=O)[C@H]2Oc3ccccc3[C@@H]3CC(c4ccc(Br)cc4)=NN23)cc1. The van der Waals surface area contributed by atoms with E-state index in [-0.39, 0.29) is 11.8 Å². The molecule has 0 radical (unpaired) electrons. The summed E-state index contributed by atoms with van der Waals surface area (Å²) in [5.74, 6) is 0.678. The van der Waals surface area contributed by atoms with Crippen molar-refractivity contribution < 1.29 is 9.53 Å². The van der Waals surface area contributed by atoms with E-state index in [4.69, 9.17) is 9.84 Å². The number of rotatable bonds is 3. The number of hydrogen-bond donors (Lipinski definition) is 0. The molecule has 3 aromatic carbocycles. The highest BCUT2D eigenvalue weighted by molar-refractivity contribution is 9.10. The van der Waals surface area contributed by atoms with E-state index in [0.717, 1.165) is 39.0 Å². The molecule has 0 amide bonds. The van der Waals surface area contributed by atoms with Crippen molar-refractivity contribution in [3.63, 3.8) is 0 Å². The molecule has 29 heavy (non-hydrogen) atoms. The second kappa shape index (κ2) is 7.16. The van der Waals surface area contributed by atoms with Crippen LogP contribution >= 0.6 is 15.9 Å². The first-order valence-electron chi connectivity index (χ1n) is 9.58. The van der Waals surface area contributed by atoms with Crippen molar-refractivity contribution in [3.05, 3.63) is 99.5 Å². The molecule has 0 N–H and O–H groups in total.